The Labute approximate surface area is 307 Å². The van der Waals surface area contributed by atoms with Crippen LogP contribution in [0.15, 0.2) is 11.6 Å². The SMILES string of the molecule is C[C@H]1CC[C@]2(NC1)O[C@@H]1C[C@H]3[C@@H]4CC=C5C[C@@H](O[C@@H]6O[C@H](CO)[C@H](O)[C@H](O[C@@H]7O[C@H](CO)[C@@H](O)[C@H](O)[C@H]7O)[C@H]6O)CC[C@]5(C)[C@H]4CC[C@]3(C)[C@@H]1[C@@H]2C. The van der Waals surface area contributed by atoms with E-state index in [1.54, 1.807) is 0 Å². The number of piperidine rings is 1. The highest BCUT2D eigenvalue weighted by molar-refractivity contribution is 5.26. The molecule has 8 N–H and O–H groups in total. The second kappa shape index (κ2) is 14.0. The minimum absolute atomic E-state index is 0.0567. The van der Waals surface area contributed by atoms with Crippen LogP contribution in [-0.2, 0) is 23.7 Å². The van der Waals surface area contributed by atoms with Gasteiger partial charge in [0.25, 0.3) is 0 Å². The average Bonchev–Trinajstić information content (AvgIpc) is 3.58. The third kappa shape index (κ3) is 5.90. The van der Waals surface area contributed by atoms with Gasteiger partial charge in [-0.25, -0.2) is 0 Å². The summed E-state index contributed by atoms with van der Waals surface area (Å²) >= 11 is 0. The molecular weight excluding hydrogens is 674 g/mol. The molecule has 0 radical (unpaired) electrons. The highest BCUT2D eigenvalue weighted by Gasteiger charge is 2.68. The maximum Gasteiger partial charge on any atom is 0.187 e. The first-order valence-corrected chi connectivity index (χ1v) is 20.1. The van der Waals surface area contributed by atoms with Gasteiger partial charge in [0.05, 0.1) is 25.4 Å². The van der Waals surface area contributed by atoms with Crippen LogP contribution >= 0.6 is 0 Å². The first-order chi connectivity index (χ1) is 24.7. The van der Waals surface area contributed by atoms with Gasteiger partial charge in [-0.15, -0.1) is 0 Å². The van der Waals surface area contributed by atoms with Crippen LogP contribution in [0.2, 0.25) is 0 Å². The fourth-order valence-electron chi connectivity index (χ4n) is 12.8. The second-order valence-corrected chi connectivity index (χ2v) is 18.4. The Balaban J connectivity index is 0.938. The van der Waals surface area contributed by atoms with Gasteiger partial charge in [0.2, 0.25) is 0 Å². The van der Waals surface area contributed by atoms with Crippen molar-refractivity contribution in [1.82, 2.24) is 5.32 Å². The van der Waals surface area contributed by atoms with Crippen LogP contribution in [0.1, 0.15) is 85.5 Å². The first kappa shape index (κ1) is 38.1. The highest BCUT2D eigenvalue weighted by atomic mass is 16.7. The molecule has 4 heterocycles. The summed E-state index contributed by atoms with van der Waals surface area (Å²) < 4.78 is 30.6. The first-order valence-electron chi connectivity index (χ1n) is 20.1. The number of allylic oxidation sites excluding steroid dienone is 1. The molecule has 0 aromatic heterocycles. The predicted molar refractivity (Wildman–Crippen MR) is 185 cm³/mol. The lowest BCUT2D eigenvalue weighted by Crippen LogP contribution is -2.65. The maximum absolute atomic E-state index is 11.4. The predicted octanol–water partition coefficient (Wildman–Crippen LogP) is 0.935. The van der Waals surface area contributed by atoms with Crippen molar-refractivity contribution >= 4 is 0 Å². The van der Waals surface area contributed by atoms with Crippen LogP contribution < -0.4 is 5.32 Å². The number of fused-ring (bicyclic) bond motifs is 7. The van der Waals surface area contributed by atoms with Crippen molar-refractivity contribution in [3.05, 3.63) is 11.6 Å². The molecule has 13 heteroatoms. The molecule has 4 saturated heterocycles. The van der Waals surface area contributed by atoms with E-state index in [2.05, 4.69) is 39.1 Å². The molecule has 0 aromatic rings. The summed E-state index contributed by atoms with van der Waals surface area (Å²) in [6, 6.07) is 0. The van der Waals surface area contributed by atoms with Crippen molar-refractivity contribution in [3.8, 4) is 0 Å². The van der Waals surface area contributed by atoms with Gasteiger partial charge in [-0.2, -0.15) is 0 Å². The summed E-state index contributed by atoms with van der Waals surface area (Å²) in [6.07, 6.45) is -2.81. The van der Waals surface area contributed by atoms with Crippen LogP contribution in [-0.4, -0.2) is 135 Å². The van der Waals surface area contributed by atoms with Crippen LogP contribution in [0.25, 0.3) is 0 Å². The molecule has 1 spiro atoms. The molecule has 0 aromatic carbocycles. The van der Waals surface area contributed by atoms with E-state index in [0.29, 0.717) is 48.0 Å². The molecule has 21 atom stereocenters. The Bertz CT molecular complexity index is 1330. The van der Waals surface area contributed by atoms with Crippen molar-refractivity contribution in [2.75, 3.05) is 19.8 Å². The smallest absolute Gasteiger partial charge is 0.187 e. The van der Waals surface area contributed by atoms with E-state index in [1.165, 1.54) is 24.8 Å². The molecule has 3 saturated carbocycles. The minimum atomic E-state index is -1.73. The summed E-state index contributed by atoms with van der Waals surface area (Å²) in [7, 11) is 0. The van der Waals surface area contributed by atoms with Crippen molar-refractivity contribution in [2.24, 2.45) is 46.3 Å². The fraction of sp³-hybridized carbons (Fsp3) is 0.949. The number of hydrogen-bond donors (Lipinski definition) is 8. The Hall–Kier alpha value is -0.780. The molecule has 13 nitrogen and oxygen atoms in total. The van der Waals surface area contributed by atoms with Crippen molar-refractivity contribution in [1.29, 1.82) is 0 Å². The topological polar surface area (TPSA) is 200 Å². The molecule has 52 heavy (non-hydrogen) atoms. The molecule has 296 valence electrons. The molecule has 4 aliphatic heterocycles. The summed E-state index contributed by atoms with van der Waals surface area (Å²) in [5.74, 6) is 3.63. The van der Waals surface area contributed by atoms with Crippen molar-refractivity contribution in [3.63, 3.8) is 0 Å². The van der Waals surface area contributed by atoms with Gasteiger partial charge >= 0.3 is 0 Å². The molecule has 7 fully saturated rings. The van der Waals surface area contributed by atoms with Crippen LogP contribution in [0.3, 0.4) is 0 Å². The van der Waals surface area contributed by atoms with Crippen molar-refractivity contribution in [2.45, 2.75) is 165 Å². The lowest BCUT2D eigenvalue weighted by molar-refractivity contribution is -0.364. The van der Waals surface area contributed by atoms with E-state index >= 15 is 0 Å². The molecule has 0 amide bonds. The molecule has 0 bridgehead atoms. The summed E-state index contributed by atoms with van der Waals surface area (Å²) in [4.78, 5) is 0. The average molecular weight is 738 g/mol. The lowest BCUT2D eigenvalue weighted by atomic mass is 9.47. The highest BCUT2D eigenvalue weighted by Crippen LogP contribution is 2.70. The molecule has 8 aliphatic rings. The van der Waals surface area contributed by atoms with E-state index in [0.717, 1.165) is 38.6 Å². The molecule has 4 aliphatic carbocycles. The number of aliphatic hydroxyl groups is 7. The van der Waals surface area contributed by atoms with E-state index < -0.39 is 74.6 Å². The lowest BCUT2D eigenvalue weighted by Gasteiger charge is -2.59. The van der Waals surface area contributed by atoms with Gasteiger partial charge in [0.15, 0.2) is 12.6 Å². The van der Waals surface area contributed by atoms with E-state index in [-0.39, 0.29) is 22.7 Å². The fourth-order valence-corrected chi connectivity index (χ4v) is 12.8. The van der Waals surface area contributed by atoms with Gasteiger partial charge < -0.3 is 59.4 Å². The molecule has 8 rings (SSSR count). The Morgan fingerprint density at radius 2 is 1.52 bits per heavy atom. The third-order valence-electron chi connectivity index (χ3n) is 15.8. The van der Waals surface area contributed by atoms with E-state index in [1.807, 2.05) is 0 Å². The Kier molecular flexibility index (Phi) is 10.3. The zero-order valence-electron chi connectivity index (χ0n) is 31.1. The Morgan fingerprint density at radius 1 is 0.808 bits per heavy atom. The third-order valence-corrected chi connectivity index (χ3v) is 15.8. The molecular formula is C39H63NO12. The normalized spacial score (nSPS) is 57.5. The number of aliphatic hydroxyl groups excluding tert-OH is 7. The zero-order chi connectivity index (χ0) is 36.9. The summed E-state index contributed by atoms with van der Waals surface area (Å²) in [5.41, 5.74) is 1.57. The summed E-state index contributed by atoms with van der Waals surface area (Å²) in [5, 5.41) is 76.8. The number of nitrogens with one attached hydrogen (secondary N) is 1. The quantitative estimate of drug-likeness (QED) is 0.179. The van der Waals surface area contributed by atoms with Crippen LogP contribution in [0.4, 0.5) is 0 Å². The maximum atomic E-state index is 11.4. The van der Waals surface area contributed by atoms with Crippen molar-refractivity contribution < 1.29 is 59.4 Å². The summed E-state index contributed by atoms with van der Waals surface area (Å²) in [6.45, 7) is 9.61. The van der Waals surface area contributed by atoms with E-state index in [4.69, 9.17) is 23.7 Å². The number of ether oxygens (including phenoxy) is 5. The standard InChI is InChI=1S/C39H63NO12/c1-18-7-12-39(40-15-18)19(2)28-25(52-39)14-24-22-6-5-20-13-21(8-10-37(20,3)23(22)9-11-38(24,28)4)48-36-33(47)34(30(44)27(17-42)50-36)51-35-32(46)31(45)29(43)26(16-41)49-35/h5,18-19,21-36,40-47H,6-17H2,1-4H3/t18-,19-,21-,22+,23-,24-,25+,26+,27+,28+,29+,30-,31-,32+,33+,34-,35-,36+,37-,38-,39-/m0/s1. The molecule has 0 unspecified atom stereocenters. The Morgan fingerprint density at radius 3 is 2.21 bits per heavy atom. The van der Waals surface area contributed by atoms with Gasteiger partial charge in [-0.1, -0.05) is 39.3 Å². The minimum Gasteiger partial charge on any atom is -0.394 e. The number of hydrogen-bond acceptors (Lipinski definition) is 13. The van der Waals surface area contributed by atoms with Gasteiger partial charge in [0.1, 0.15) is 54.6 Å². The van der Waals surface area contributed by atoms with Crippen LogP contribution in [0, 0.1) is 46.3 Å². The van der Waals surface area contributed by atoms with Gasteiger partial charge in [-0.3, -0.25) is 5.32 Å². The largest absolute Gasteiger partial charge is 0.394 e. The monoisotopic (exact) mass is 737 g/mol. The van der Waals surface area contributed by atoms with Crippen LogP contribution in [0.5, 0.6) is 0 Å². The zero-order valence-corrected chi connectivity index (χ0v) is 31.1. The second-order valence-electron chi connectivity index (χ2n) is 18.4. The van der Waals surface area contributed by atoms with E-state index in [9.17, 15) is 35.7 Å². The number of rotatable bonds is 6. The van der Waals surface area contributed by atoms with Gasteiger partial charge in [0, 0.05) is 12.5 Å². The van der Waals surface area contributed by atoms with Gasteiger partial charge in [-0.05, 0) is 98.2 Å².